The molecule has 4 nitrogen and oxygen atoms in total. The van der Waals surface area contributed by atoms with Gasteiger partial charge in [-0.1, -0.05) is 36.3 Å². The molecule has 0 atom stereocenters. The van der Waals surface area contributed by atoms with E-state index in [1.54, 1.807) is 27.7 Å². The van der Waals surface area contributed by atoms with Crippen molar-refractivity contribution in [2.45, 2.75) is 46.0 Å². The predicted octanol–water partition coefficient (Wildman–Crippen LogP) is 2.51. The van der Waals surface area contributed by atoms with E-state index in [9.17, 15) is 9.59 Å². The molecule has 0 saturated heterocycles. The molecule has 0 unspecified atom stereocenters. The molecule has 0 saturated carbocycles. The normalized spacial score (nSPS) is 10.7. The standard InChI is InChI=1S/C17H20O4/c1-13(2)21-16(19)15(18)10-11-17(3,4)20-12-14-8-6-5-7-9-14/h5-9,13H,12H2,1-4H3. The largest absolute Gasteiger partial charge is 0.456 e. The molecule has 0 N–H and O–H groups in total. The maximum atomic E-state index is 11.5. The van der Waals surface area contributed by atoms with Crippen molar-refractivity contribution >= 4 is 11.8 Å². The molecular formula is C17H20O4. The Morgan fingerprint density at radius 1 is 1.19 bits per heavy atom. The molecule has 0 heterocycles. The van der Waals surface area contributed by atoms with Crippen LogP contribution in [0.15, 0.2) is 30.3 Å². The molecule has 1 aromatic carbocycles. The lowest BCUT2D eigenvalue weighted by atomic mass is 10.1. The minimum Gasteiger partial charge on any atom is -0.456 e. The van der Waals surface area contributed by atoms with Crippen LogP contribution in [0.4, 0.5) is 0 Å². The number of carbonyl (C=O) groups excluding carboxylic acids is 2. The molecule has 0 aliphatic heterocycles. The van der Waals surface area contributed by atoms with E-state index in [1.807, 2.05) is 30.3 Å². The van der Waals surface area contributed by atoms with E-state index < -0.39 is 17.4 Å². The molecule has 0 aliphatic carbocycles. The molecule has 21 heavy (non-hydrogen) atoms. The van der Waals surface area contributed by atoms with Crippen LogP contribution in [-0.4, -0.2) is 23.5 Å². The summed E-state index contributed by atoms with van der Waals surface area (Å²) in [4.78, 5) is 22.8. The third-order valence-corrected chi connectivity index (χ3v) is 2.45. The average molecular weight is 288 g/mol. The van der Waals surface area contributed by atoms with Crippen molar-refractivity contribution < 1.29 is 19.1 Å². The fourth-order valence-electron chi connectivity index (χ4n) is 1.40. The molecule has 0 aromatic heterocycles. The Balaban J connectivity index is 2.58. The second-order valence-corrected chi connectivity index (χ2v) is 5.32. The topological polar surface area (TPSA) is 52.6 Å². The highest BCUT2D eigenvalue weighted by molar-refractivity contribution is 6.40. The third kappa shape index (κ3) is 6.73. The van der Waals surface area contributed by atoms with E-state index in [4.69, 9.17) is 9.47 Å². The number of benzene rings is 1. The summed E-state index contributed by atoms with van der Waals surface area (Å²) in [7, 11) is 0. The van der Waals surface area contributed by atoms with E-state index in [2.05, 4.69) is 11.8 Å². The summed E-state index contributed by atoms with van der Waals surface area (Å²) in [6.45, 7) is 7.21. The fraction of sp³-hybridized carbons (Fsp3) is 0.412. The molecular weight excluding hydrogens is 268 g/mol. The first-order chi connectivity index (χ1) is 9.80. The van der Waals surface area contributed by atoms with Gasteiger partial charge in [0.1, 0.15) is 5.60 Å². The molecule has 4 heteroatoms. The highest BCUT2D eigenvalue weighted by Gasteiger charge is 2.18. The SMILES string of the molecule is CC(C)OC(=O)C(=O)C#CC(C)(C)OCc1ccccc1. The van der Waals surface area contributed by atoms with E-state index in [1.165, 1.54) is 0 Å². The molecule has 1 aromatic rings. The summed E-state index contributed by atoms with van der Waals surface area (Å²) >= 11 is 0. The summed E-state index contributed by atoms with van der Waals surface area (Å²) in [6.07, 6.45) is -0.342. The molecule has 1 rings (SSSR count). The number of ketones is 1. The van der Waals surface area contributed by atoms with Gasteiger partial charge < -0.3 is 9.47 Å². The Hall–Kier alpha value is -2.12. The highest BCUT2D eigenvalue weighted by atomic mass is 16.5. The van der Waals surface area contributed by atoms with Crippen molar-refractivity contribution in [2.75, 3.05) is 0 Å². The zero-order valence-electron chi connectivity index (χ0n) is 12.8. The van der Waals surface area contributed by atoms with Crippen molar-refractivity contribution in [2.24, 2.45) is 0 Å². The van der Waals surface area contributed by atoms with Gasteiger partial charge in [0.05, 0.1) is 12.7 Å². The van der Waals surface area contributed by atoms with Crippen LogP contribution >= 0.6 is 0 Å². The van der Waals surface area contributed by atoms with Crippen LogP contribution in [0.25, 0.3) is 0 Å². The maximum absolute atomic E-state index is 11.5. The minimum atomic E-state index is -0.934. The van der Waals surface area contributed by atoms with Gasteiger partial charge in [-0.2, -0.15) is 0 Å². The molecule has 0 radical (unpaired) electrons. The summed E-state index contributed by atoms with van der Waals surface area (Å²) in [5.41, 5.74) is 0.182. The van der Waals surface area contributed by atoms with Gasteiger partial charge in [-0.25, -0.2) is 4.79 Å². The van der Waals surface area contributed by atoms with Gasteiger partial charge in [0.15, 0.2) is 0 Å². The molecule has 112 valence electrons. The van der Waals surface area contributed by atoms with Crippen LogP contribution in [0.2, 0.25) is 0 Å². The Kier molecular flexibility index (Phi) is 6.13. The third-order valence-electron chi connectivity index (χ3n) is 2.45. The van der Waals surface area contributed by atoms with Crippen molar-refractivity contribution in [3.63, 3.8) is 0 Å². The predicted molar refractivity (Wildman–Crippen MR) is 79.3 cm³/mol. The van der Waals surface area contributed by atoms with E-state index in [0.29, 0.717) is 6.61 Å². The first-order valence-electron chi connectivity index (χ1n) is 6.76. The number of hydrogen-bond donors (Lipinski definition) is 0. The minimum absolute atomic E-state index is 0.342. The second-order valence-electron chi connectivity index (χ2n) is 5.32. The van der Waals surface area contributed by atoms with Gasteiger partial charge in [-0.05, 0) is 39.2 Å². The van der Waals surface area contributed by atoms with Gasteiger partial charge in [0.25, 0.3) is 0 Å². The summed E-state index contributed by atoms with van der Waals surface area (Å²) in [5, 5.41) is 0. The average Bonchev–Trinajstić information content (AvgIpc) is 2.43. The fourth-order valence-corrected chi connectivity index (χ4v) is 1.40. The monoisotopic (exact) mass is 288 g/mol. The van der Waals surface area contributed by atoms with E-state index in [-0.39, 0.29) is 6.10 Å². The van der Waals surface area contributed by atoms with Crippen LogP contribution < -0.4 is 0 Å². The van der Waals surface area contributed by atoms with Crippen LogP contribution in [0, 0.1) is 11.8 Å². The number of Topliss-reactive ketones (excluding diaryl/α,β-unsaturated/α-hetero) is 1. The lowest BCUT2D eigenvalue weighted by Crippen LogP contribution is -2.24. The molecule has 0 bridgehead atoms. The number of carbonyl (C=O) groups is 2. The molecule has 0 aliphatic rings. The molecule has 0 fully saturated rings. The zero-order chi connectivity index (χ0) is 15.9. The van der Waals surface area contributed by atoms with Gasteiger partial charge in [-0.3, -0.25) is 4.79 Å². The Bertz CT molecular complexity index is 547. The van der Waals surface area contributed by atoms with Crippen molar-refractivity contribution in [1.29, 1.82) is 0 Å². The van der Waals surface area contributed by atoms with Crippen LogP contribution in [0.1, 0.15) is 33.3 Å². The number of rotatable bonds is 5. The summed E-state index contributed by atoms with van der Waals surface area (Å²) in [6, 6.07) is 9.64. The van der Waals surface area contributed by atoms with Crippen LogP contribution in [0.5, 0.6) is 0 Å². The number of ether oxygens (including phenoxy) is 2. The van der Waals surface area contributed by atoms with Crippen molar-refractivity contribution in [3.05, 3.63) is 35.9 Å². The maximum Gasteiger partial charge on any atom is 0.388 e. The van der Waals surface area contributed by atoms with Crippen molar-refractivity contribution in [3.8, 4) is 11.8 Å². The van der Waals surface area contributed by atoms with Crippen LogP contribution in [0.3, 0.4) is 0 Å². The van der Waals surface area contributed by atoms with Gasteiger partial charge >= 0.3 is 11.8 Å². The number of hydrogen-bond acceptors (Lipinski definition) is 4. The Labute approximate surface area is 125 Å². The summed E-state index contributed by atoms with van der Waals surface area (Å²) < 4.78 is 10.4. The van der Waals surface area contributed by atoms with Crippen LogP contribution in [-0.2, 0) is 25.7 Å². The zero-order valence-corrected chi connectivity index (χ0v) is 12.8. The molecule has 0 spiro atoms. The first-order valence-corrected chi connectivity index (χ1v) is 6.76. The first kappa shape index (κ1) is 16.9. The Morgan fingerprint density at radius 3 is 2.38 bits per heavy atom. The smallest absolute Gasteiger partial charge is 0.388 e. The van der Waals surface area contributed by atoms with E-state index in [0.717, 1.165) is 5.56 Å². The van der Waals surface area contributed by atoms with Crippen molar-refractivity contribution in [1.82, 2.24) is 0 Å². The van der Waals surface area contributed by atoms with E-state index >= 15 is 0 Å². The van der Waals surface area contributed by atoms with Gasteiger partial charge in [0, 0.05) is 0 Å². The lowest BCUT2D eigenvalue weighted by Gasteiger charge is -2.18. The lowest BCUT2D eigenvalue weighted by molar-refractivity contribution is -0.154. The number of esters is 1. The highest BCUT2D eigenvalue weighted by Crippen LogP contribution is 2.11. The second kappa shape index (κ2) is 7.61. The summed E-state index contributed by atoms with van der Waals surface area (Å²) in [5.74, 6) is 3.14. The van der Waals surface area contributed by atoms with Gasteiger partial charge in [-0.15, -0.1) is 0 Å². The molecule has 0 amide bonds. The quantitative estimate of drug-likeness (QED) is 0.361. The van der Waals surface area contributed by atoms with Gasteiger partial charge in [0.2, 0.25) is 0 Å². The Morgan fingerprint density at radius 2 is 1.81 bits per heavy atom.